The summed E-state index contributed by atoms with van der Waals surface area (Å²) in [5.74, 6) is 0.568. The predicted octanol–water partition coefficient (Wildman–Crippen LogP) is 1.55. The summed E-state index contributed by atoms with van der Waals surface area (Å²) in [5, 5.41) is 6.85. The standard InChI is InChI=1S/C11H17N3OS/c1-6-4-12-5-9(6)10(15)14-11-13-7(2)8(3)16-11/h6,9,12H,4-5H2,1-3H3,(H,13,14,15)/t6-,9-/m1/s1. The minimum Gasteiger partial charge on any atom is -0.316 e. The summed E-state index contributed by atoms with van der Waals surface area (Å²) in [6, 6.07) is 0. The molecule has 1 fully saturated rings. The number of aryl methyl sites for hydroxylation is 2. The SMILES string of the molecule is Cc1nc(NC(=O)[C@@H]2CNC[C@H]2C)sc1C. The molecule has 2 N–H and O–H groups in total. The van der Waals surface area contributed by atoms with Crippen molar-refractivity contribution in [1.29, 1.82) is 0 Å². The van der Waals surface area contributed by atoms with E-state index in [0.717, 1.165) is 28.8 Å². The van der Waals surface area contributed by atoms with Gasteiger partial charge in [-0.1, -0.05) is 6.92 Å². The second-order valence-electron chi connectivity index (χ2n) is 4.39. The summed E-state index contributed by atoms with van der Waals surface area (Å²) in [7, 11) is 0. The molecule has 1 amide bonds. The normalized spacial score (nSPS) is 24.7. The number of hydrogen-bond donors (Lipinski definition) is 2. The number of thiazole rings is 1. The zero-order chi connectivity index (χ0) is 11.7. The van der Waals surface area contributed by atoms with E-state index in [9.17, 15) is 4.79 Å². The van der Waals surface area contributed by atoms with E-state index in [1.54, 1.807) is 0 Å². The van der Waals surface area contributed by atoms with E-state index in [1.807, 2.05) is 13.8 Å². The number of carbonyl (C=O) groups is 1. The predicted molar refractivity (Wildman–Crippen MR) is 65.7 cm³/mol. The van der Waals surface area contributed by atoms with Gasteiger partial charge in [-0.15, -0.1) is 11.3 Å². The molecule has 2 atom stereocenters. The molecule has 0 spiro atoms. The first-order valence-electron chi connectivity index (χ1n) is 5.53. The molecule has 1 saturated heterocycles. The summed E-state index contributed by atoms with van der Waals surface area (Å²) < 4.78 is 0. The van der Waals surface area contributed by atoms with Crippen LogP contribution in [0.25, 0.3) is 0 Å². The summed E-state index contributed by atoms with van der Waals surface area (Å²) in [6.45, 7) is 7.77. The van der Waals surface area contributed by atoms with Gasteiger partial charge in [0.2, 0.25) is 5.91 Å². The highest BCUT2D eigenvalue weighted by molar-refractivity contribution is 7.15. The molecule has 0 bridgehead atoms. The fraction of sp³-hybridized carbons (Fsp3) is 0.636. The Morgan fingerprint density at radius 2 is 2.25 bits per heavy atom. The van der Waals surface area contributed by atoms with Gasteiger partial charge in [0, 0.05) is 11.4 Å². The van der Waals surface area contributed by atoms with Gasteiger partial charge < -0.3 is 10.6 Å². The molecular weight excluding hydrogens is 222 g/mol. The molecule has 1 aliphatic heterocycles. The van der Waals surface area contributed by atoms with Crippen LogP contribution in [0.3, 0.4) is 0 Å². The van der Waals surface area contributed by atoms with Crippen molar-refractivity contribution in [3.05, 3.63) is 10.6 Å². The van der Waals surface area contributed by atoms with Crippen molar-refractivity contribution in [2.24, 2.45) is 11.8 Å². The Kier molecular flexibility index (Phi) is 3.25. The Hall–Kier alpha value is -0.940. The number of aromatic nitrogens is 1. The Morgan fingerprint density at radius 1 is 1.50 bits per heavy atom. The third-order valence-electron chi connectivity index (χ3n) is 3.11. The minimum absolute atomic E-state index is 0.0736. The van der Waals surface area contributed by atoms with Crippen LogP contribution in [0, 0.1) is 25.7 Å². The van der Waals surface area contributed by atoms with Gasteiger partial charge in [-0.3, -0.25) is 4.79 Å². The zero-order valence-corrected chi connectivity index (χ0v) is 10.6. The highest BCUT2D eigenvalue weighted by Crippen LogP contribution is 2.23. The van der Waals surface area contributed by atoms with Crippen molar-refractivity contribution >= 4 is 22.4 Å². The van der Waals surface area contributed by atoms with Crippen LogP contribution in [-0.4, -0.2) is 24.0 Å². The topological polar surface area (TPSA) is 54.0 Å². The minimum atomic E-state index is 0.0736. The van der Waals surface area contributed by atoms with Gasteiger partial charge in [0.25, 0.3) is 0 Å². The fourth-order valence-electron chi connectivity index (χ4n) is 1.89. The maximum absolute atomic E-state index is 12.0. The van der Waals surface area contributed by atoms with E-state index >= 15 is 0 Å². The smallest absolute Gasteiger partial charge is 0.230 e. The molecule has 1 aliphatic rings. The largest absolute Gasteiger partial charge is 0.316 e. The van der Waals surface area contributed by atoms with Crippen molar-refractivity contribution in [1.82, 2.24) is 10.3 Å². The number of anilines is 1. The van der Waals surface area contributed by atoms with Crippen LogP contribution >= 0.6 is 11.3 Å². The number of amides is 1. The first-order valence-corrected chi connectivity index (χ1v) is 6.35. The van der Waals surface area contributed by atoms with Gasteiger partial charge in [-0.2, -0.15) is 0 Å². The summed E-state index contributed by atoms with van der Waals surface area (Å²) in [5.41, 5.74) is 0.998. The van der Waals surface area contributed by atoms with Gasteiger partial charge in [0.15, 0.2) is 5.13 Å². The summed E-state index contributed by atoms with van der Waals surface area (Å²) in [4.78, 5) is 17.4. The Labute approximate surface area is 99.5 Å². The van der Waals surface area contributed by atoms with Crippen LogP contribution in [0.15, 0.2) is 0 Å². The van der Waals surface area contributed by atoms with Crippen molar-refractivity contribution in [3.63, 3.8) is 0 Å². The van der Waals surface area contributed by atoms with Gasteiger partial charge in [0.05, 0.1) is 11.6 Å². The van der Waals surface area contributed by atoms with E-state index in [-0.39, 0.29) is 11.8 Å². The van der Waals surface area contributed by atoms with Gasteiger partial charge >= 0.3 is 0 Å². The lowest BCUT2D eigenvalue weighted by molar-refractivity contribution is -0.120. The number of carbonyl (C=O) groups excluding carboxylic acids is 1. The van der Waals surface area contributed by atoms with Crippen LogP contribution in [0.2, 0.25) is 0 Å². The Morgan fingerprint density at radius 3 is 2.75 bits per heavy atom. The maximum Gasteiger partial charge on any atom is 0.230 e. The monoisotopic (exact) mass is 239 g/mol. The van der Waals surface area contributed by atoms with Crippen LogP contribution < -0.4 is 10.6 Å². The van der Waals surface area contributed by atoms with Crippen LogP contribution in [0.4, 0.5) is 5.13 Å². The molecule has 16 heavy (non-hydrogen) atoms. The Bertz CT molecular complexity index is 382. The lowest BCUT2D eigenvalue weighted by Gasteiger charge is -2.12. The number of rotatable bonds is 2. The number of hydrogen-bond acceptors (Lipinski definition) is 4. The zero-order valence-electron chi connectivity index (χ0n) is 9.83. The van der Waals surface area contributed by atoms with Gasteiger partial charge in [0.1, 0.15) is 0 Å². The first-order chi connectivity index (χ1) is 7.58. The van der Waals surface area contributed by atoms with E-state index in [1.165, 1.54) is 11.3 Å². The molecule has 88 valence electrons. The first kappa shape index (κ1) is 11.5. The number of nitrogens with zero attached hydrogens (tertiary/aromatic N) is 1. The molecule has 1 aromatic rings. The van der Waals surface area contributed by atoms with E-state index in [2.05, 4.69) is 22.5 Å². The molecule has 0 aromatic carbocycles. The average molecular weight is 239 g/mol. The van der Waals surface area contributed by atoms with E-state index in [0.29, 0.717) is 5.92 Å². The molecular formula is C11H17N3OS. The van der Waals surface area contributed by atoms with E-state index < -0.39 is 0 Å². The molecule has 5 heteroatoms. The average Bonchev–Trinajstić information content (AvgIpc) is 2.74. The number of nitrogens with one attached hydrogen (secondary N) is 2. The molecule has 1 aromatic heterocycles. The molecule has 2 rings (SSSR count). The van der Waals surface area contributed by atoms with Crippen molar-refractivity contribution < 1.29 is 4.79 Å². The van der Waals surface area contributed by atoms with Crippen LogP contribution in [0.5, 0.6) is 0 Å². The van der Waals surface area contributed by atoms with Crippen molar-refractivity contribution in [3.8, 4) is 0 Å². The lowest BCUT2D eigenvalue weighted by Crippen LogP contribution is -2.27. The third-order valence-corrected chi connectivity index (χ3v) is 4.10. The van der Waals surface area contributed by atoms with Gasteiger partial charge in [-0.25, -0.2) is 4.98 Å². The molecule has 0 saturated carbocycles. The summed E-state index contributed by atoms with van der Waals surface area (Å²) in [6.07, 6.45) is 0. The Balaban J connectivity index is 2.01. The third kappa shape index (κ3) is 2.25. The molecule has 0 unspecified atom stereocenters. The highest BCUT2D eigenvalue weighted by Gasteiger charge is 2.29. The fourth-order valence-corrected chi connectivity index (χ4v) is 2.70. The molecule has 4 nitrogen and oxygen atoms in total. The second-order valence-corrected chi connectivity index (χ2v) is 5.60. The van der Waals surface area contributed by atoms with E-state index in [4.69, 9.17) is 0 Å². The van der Waals surface area contributed by atoms with Crippen LogP contribution in [0.1, 0.15) is 17.5 Å². The quantitative estimate of drug-likeness (QED) is 0.823. The van der Waals surface area contributed by atoms with Crippen molar-refractivity contribution in [2.75, 3.05) is 18.4 Å². The molecule has 0 aliphatic carbocycles. The highest BCUT2D eigenvalue weighted by atomic mass is 32.1. The lowest BCUT2D eigenvalue weighted by atomic mass is 9.97. The van der Waals surface area contributed by atoms with Crippen molar-refractivity contribution in [2.45, 2.75) is 20.8 Å². The van der Waals surface area contributed by atoms with Crippen LogP contribution in [-0.2, 0) is 4.79 Å². The maximum atomic E-state index is 12.0. The molecule has 0 radical (unpaired) electrons. The molecule has 2 heterocycles. The van der Waals surface area contributed by atoms with Gasteiger partial charge in [-0.05, 0) is 26.3 Å². The summed E-state index contributed by atoms with van der Waals surface area (Å²) >= 11 is 1.54. The second kappa shape index (κ2) is 4.51.